The Labute approximate surface area is 118 Å². The number of nitrogens with two attached hydrogens (primary N) is 2. The van der Waals surface area contributed by atoms with Crippen LogP contribution in [0.5, 0.6) is 0 Å². The van der Waals surface area contributed by atoms with Gasteiger partial charge in [0.05, 0.1) is 12.0 Å². The smallest absolute Gasteiger partial charge is 0.221 e. The summed E-state index contributed by atoms with van der Waals surface area (Å²) in [6.45, 7) is 5.89. The fraction of sp³-hybridized carbons (Fsp3) is 0.643. The third kappa shape index (κ3) is 2.99. The van der Waals surface area contributed by atoms with Crippen molar-refractivity contribution in [2.75, 3.05) is 13.1 Å². The van der Waals surface area contributed by atoms with Crippen LogP contribution in [0.25, 0.3) is 0 Å². The predicted octanol–water partition coefficient (Wildman–Crippen LogP) is 1.64. The van der Waals surface area contributed by atoms with Gasteiger partial charge < -0.3 is 11.5 Å². The van der Waals surface area contributed by atoms with Crippen LogP contribution in [0.15, 0.2) is 11.4 Å². The van der Waals surface area contributed by atoms with Crippen molar-refractivity contribution in [3.8, 4) is 0 Å². The van der Waals surface area contributed by atoms with Gasteiger partial charge in [-0.1, -0.05) is 6.92 Å². The van der Waals surface area contributed by atoms with Crippen LogP contribution in [0.1, 0.15) is 36.2 Å². The lowest BCUT2D eigenvalue weighted by atomic mass is 10.0. The molecule has 1 saturated heterocycles. The van der Waals surface area contributed by atoms with Crippen molar-refractivity contribution in [2.45, 2.75) is 38.8 Å². The fourth-order valence-corrected chi connectivity index (χ4v) is 3.95. The van der Waals surface area contributed by atoms with Gasteiger partial charge in [0.2, 0.25) is 5.91 Å². The van der Waals surface area contributed by atoms with Gasteiger partial charge in [0.1, 0.15) is 0 Å². The Balaban J connectivity index is 2.20. The minimum absolute atomic E-state index is 0.0215. The summed E-state index contributed by atoms with van der Waals surface area (Å²) in [6, 6.07) is 2.45. The molecule has 1 aliphatic heterocycles. The van der Waals surface area contributed by atoms with E-state index in [9.17, 15) is 4.79 Å². The predicted molar refractivity (Wildman–Crippen MR) is 78.9 cm³/mol. The molecule has 4 N–H and O–H groups in total. The number of primary amides is 1. The number of thiophene rings is 1. The first-order chi connectivity index (χ1) is 9.04. The Bertz CT molecular complexity index is 446. The van der Waals surface area contributed by atoms with E-state index >= 15 is 0 Å². The SMILES string of the molecule is CCC(N)C(c1sccc1C)N1CCC(C(N)=O)C1. The number of nitrogens with zero attached hydrogens (tertiary/aromatic N) is 1. The molecule has 1 aliphatic rings. The molecule has 2 rings (SSSR count). The third-order valence-corrected chi connectivity index (χ3v) is 5.15. The van der Waals surface area contributed by atoms with E-state index in [4.69, 9.17) is 11.5 Å². The lowest BCUT2D eigenvalue weighted by Crippen LogP contribution is -2.40. The first-order valence-electron chi connectivity index (χ1n) is 6.87. The molecule has 0 bridgehead atoms. The molecule has 0 aromatic carbocycles. The van der Waals surface area contributed by atoms with Crippen molar-refractivity contribution < 1.29 is 4.79 Å². The van der Waals surface area contributed by atoms with E-state index in [1.54, 1.807) is 11.3 Å². The van der Waals surface area contributed by atoms with Crippen LogP contribution in [0.4, 0.5) is 0 Å². The zero-order valence-electron chi connectivity index (χ0n) is 11.6. The molecule has 5 heteroatoms. The monoisotopic (exact) mass is 281 g/mol. The van der Waals surface area contributed by atoms with Gasteiger partial charge in [0.25, 0.3) is 0 Å². The summed E-state index contributed by atoms with van der Waals surface area (Å²) in [5, 5.41) is 2.11. The van der Waals surface area contributed by atoms with Gasteiger partial charge in [-0.25, -0.2) is 0 Å². The van der Waals surface area contributed by atoms with Gasteiger partial charge >= 0.3 is 0 Å². The summed E-state index contributed by atoms with van der Waals surface area (Å²) in [5.41, 5.74) is 13.0. The van der Waals surface area contributed by atoms with E-state index in [0.29, 0.717) is 0 Å². The number of aryl methyl sites for hydroxylation is 1. The van der Waals surface area contributed by atoms with Crippen molar-refractivity contribution in [3.63, 3.8) is 0 Å². The molecular formula is C14H23N3OS. The molecule has 1 amide bonds. The average Bonchev–Trinajstić information content (AvgIpc) is 3.00. The third-order valence-electron chi connectivity index (χ3n) is 4.06. The van der Waals surface area contributed by atoms with Gasteiger partial charge in [-0.3, -0.25) is 9.69 Å². The Kier molecular flexibility index (Phi) is 4.60. The van der Waals surface area contributed by atoms with Crippen LogP contribution in [0.2, 0.25) is 0 Å². The minimum Gasteiger partial charge on any atom is -0.369 e. The molecule has 1 aromatic heterocycles. The van der Waals surface area contributed by atoms with Gasteiger partial charge in [0.15, 0.2) is 0 Å². The van der Waals surface area contributed by atoms with Crippen LogP contribution >= 0.6 is 11.3 Å². The normalized spacial score (nSPS) is 23.4. The van der Waals surface area contributed by atoms with Crippen LogP contribution in [0, 0.1) is 12.8 Å². The molecule has 3 atom stereocenters. The van der Waals surface area contributed by atoms with Gasteiger partial charge in [-0.05, 0) is 43.3 Å². The maximum Gasteiger partial charge on any atom is 0.221 e. The molecule has 0 aliphatic carbocycles. The maximum absolute atomic E-state index is 11.3. The molecule has 0 radical (unpaired) electrons. The number of hydrogen-bond donors (Lipinski definition) is 2. The molecular weight excluding hydrogens is 258 g/mol. The van der Waals surface area contributed by atoms with Crippen molar-refractivity contribution in [1.29, 1.82) is 0 Å². The highest BCUT2D eigenvalue weighted by Gasteiger charge is 2.35. The summed E-state index contributed by atoms with van der Waals surface area (Å²) in [7, 11) is 0. The van der Waals surface area contributed by atoms with E-state index in [2.05, 4.69) is 30.2 Å². The van der Waals surface area contributed by atoms with E-state index in [1.807, 2.05) is 0 Å². The topological polar surface area (TPSA) is 72.3 Å². The second kappa shape index (κ2) is 6.03. The lowest BCUT2D eigenvalue weighted by molar-refractivity contribution is -0.121. The zero-order valence-corrected chi connectivity index (χ0v) is 12.5. The van der Waals surface area contributed by atoms with Crippen LogP contribution in [-0.4, -0.2) is 29.9 Å². The molecule has 3 unspecified atom stereocenters. The van der Waals surface area contributed by atoms with Crippen LogP contribution < -0.4 is 11.5 Å². The minimum atomic E-state index is -0.186. The Morgan fingerprint density at radius 2 is 2.37 bits per heavy atom. The number of hydrogen-bond acceptors (Lipinski definition) is 4. The van der Waals surface area contributed by atoms with E-state index in [0.717, 1.165) is 25.9 Å². The van der Waals surface area contributed by atoms with Gasteiger partial charge in [-0.15, -0.1) is 11.3 Å². The highest BCUT2D eigenvalue weighted by atomic mass is 32.1. The standard InChI is InChI=1S/C14H23N3OS/c1-3-11(15)12(13-9(2)5-7-19-13)17-6-4-10(8-17)14(16)18/h5,7,10-12H,3-4,6,8,15H2,1-2H3,(H2,16,18). The number of carbonyl (C=O) groups excluding carboxylic acids is 1. The Morgan fingerprint density at radius 1 is 1.63 bits per heavy atom. The highest BCUT2D eigenvalue weighted by Crippen LogP contribution is 2.35. The van der Waals surface area contributed by atoms with Crippen molar-refractivity contribution in [2.24, 2.45) is 17.4 Å². The molecule has 0 spiro atoms. The molecule has 1 fully saturated rings. The number of amides is 1. The molecule has 106 valence electrons. The van der Waals surface area contributed by atoms with E-state index in [-0.39, 0.29) is 23.9 Å². The van der Waals surface area contributed by atoms with Gasteiger partial charge in [-0.2, -0.15) is 0 Å². The zero-order chi connectivity index (χ0) is 14.0. The number of rotatable bonds is 5. The first kappa shape index (κ1) is 14.5. The molecule has 1 aromatic rings. The van der Waals surface area contributed by atoms with E-state index < -0.39 is 0 Å². The quantitative estimate of drug-likeness (QED) is 0.862. The second-order valence-corrected chi connectivity index (χ2v) is 6.32. The lowest BCUT2D eigenvalue weighted by Gasteiger charge is -2.32. The Hall–Kier alpha value is -0.910. The largest absolute Gasteiger partial charge is 0.369 e. The van der Waals surface area contributed by atoms with Crippen molar-refractivity contribution in [1.82, 2.24) is 4.90 Å². The molecule has 0 saturated carbocycles. The summed E-state index contributed by atoms with van der Waals surface area (Å²) in [4.78, 5) is 15.0. The summed E-state index contributed by atoms with van der Waals surface area (Å²) in [5.74, 6) is -0.207. The van der Waals surface area contributed by atoms with Crippen LogP contribution in [0.3, 0.4) is 0 Å². The highest BCUT2D eigenvalue weighted by molar-refractivity contribution is 7.10. The number of carbonyl (C=O) groups is 1. The summed E-state index contributed by atoms with van der Waals surface area (Å²) < 4.78 is 0. The molecule has 2 heterocycles. The molecule has 4 nitrogen and oxygen atoms in total. The maximum atomic E-state index is 11.3. The molecule has 19 heavy (non-hydrogen) atoms. The fourth-order valence-electron chi connectivity index (χ4n) is 2.81. The number of likely N-dealkylation sites (tertiary alicyclic amines) is 1. The summed E-state index contributed by atoms with van der Waals surface area (Å²) in [6.07, 6.45) is 1.78. The van der Waals surface area contributed by atoms with E-state index in [1.165, 1.54) is 10.4 Å². The average molecular weight is 281 g/mol. The Morgan fingerprint density at radius 3 is 2.84 bits per heavy atom. The van der Waals surface area contributed by atoms with Gasteiger partial charge in [0, 0.05) is 17.5 Å². The first-order valence-corrected chi connectivity index (χ1v) is 7.75. The second-order valence-electron chi connectivity index (χ2n) is 5.37. The van der Waals surface area contributed by atoms with Crippen molar-refractivity contribution >= 4 is 17.2 Å². The summed E-state index contributed by atoms with van der Waals surface area (Å²) >= 11 is 1.76. The van der Waals surface area contributed by atoms with Crippen LogP contribution in [-0.2, 0) is 4.79 Å². The van der Waals surface area contributed by atoms with Crippen molar-refractivity contribution in [3.05, 3.63) is 21.9 Å².